The van der Waals surface area contributed by atoms with Crippen molar-refractivity contribution in [2.24, 2.45) is 0 Å². The Morgan fingerprint density at radius 3 is 2.19 bits per heavy atom. The van der Waals surface area contributed by atoms with E-state index < -0.39 is 11.7 Å². The minimum Gasteiger partial charge on any atom is -0.508 e. The predicted molar refractivity (Wildman–Crippen MR) is 141 cm³/mol. The van der Waals surface area contributed by atoms with Crippen LogP contribution in [-0.4, -0.2) is 72.9 Å². The Hall–Kier alpha value is -3.42. The summed E-state index contributed by atoms with van der Waals surface area (Å²) in [6.45, 7) is 7.47. The number of ether oxygens (including phenoxy) is 3. The van der Waals surface area contributed by atoms with E-state index in [0.717, 1.165) is 36.0 Å². The Morgan fingerprint density at radius 2 is 1.62 bits per heavy atom. The number of amides is 2. The van der Waals surface area contributed by atoms with Crippen molar-refractivity contribution in [2.75, 3.05) is 40.4 Å². The first-order chi connectivity index (χ1) is 17.6. The lowest BCUT2D eigenvalue weighted by atomic mass is 9.77. The fraction of sp³-hybridized carbons (Fsp3) is 0.517. The van der Waals surface area contributed by atoms with Gasteiger partial charge in [-0.15, -0.1) is 0 Å². The van der Waals surface area contributed by atoms with Crippen molar-refractivity contribution in [3.05, 3.63) is 52.6 Å². The first kappa shape index (κ1) is 26.6. The number of phenols is 1. The van der Waals surface area contributed by atoms with E-state index in [0.29, 0.717) is 31.1 Å². The molecule has 1 atom stereocenters. The zero-order valence-electron chi connectivity index (χ0n) is 22.5. The minimum atomic E-state index is -0.631. The maximum Gasteiger partial charge on any atom is 0.410 e. The van der Waals surface area contributed by atoms with Gasteiger partial charge in [0.25, 0.3) is 0 Å². The highest BCUT2D eigenvalue weighted by atomic mass is 16.6. The standard InChI is InChI=1S/C29H38N2O6/c1-29(2,3)37-28(34)31(18-22-14-21-6-7-23(32)17-24(21)22)13-10-27(33)30-11-8-19-15-25(35-4)26(36-5)16-20(19)9-12-30/h6-7,15-17,22,32H,8-14,18H2,1-5H3. The summed E-state index contributed by atoms with van der Waals surface area (Å²) in [5, 5.41) is 9.88. The maximum absolute atomic E-state index is 13.2. The zero-order valence-corrected chi connectivity index (χ0v) is 22.5. The van der Waals surface area contributed by atoms with Gasteiger partial charge in [-0.3, -0.25) is 4.79 Å². The number of rotatable bonds is 7. The lowest BCUT2D eigenvalue weighted by Crippen LogP contribution is -2.43. The topological polar surface area (TPSA) is 88.5 Å². The van der Waals surface area contributed by atoms with Crippen molar-refractivity contribution in [1.82, 2.24) is 9.80 Å². The number of carbonyl (C=O) groups is 2. The smallest absolute Gasteiger partial charge is 0.410 e. The van der Waals surface area contributed by atoms with Crippen molar-refractivity contribution in [3.8, 4) is 17.2 Å². The Kier molecular flexibility index (Phi) is 7.85. The van der Waals surface area contributed by atoms with Gasteiger partial charge in [0.15, 0.2) is 11.5 Å². The molecule has 1 aliphatic carbocycles. The molecule has 0 bridgehead atoms. The molecule has 0 aromatic heterocycles. The lowest BCUT2D eigenvalue weighted by Gasteiger charge is -2.36. The SMILES string of the molecule is COc1cc2c(cc1OC)CCN(C(=O)CCN(CC1Cc3ccc(O)cc31)C(=O)OC(C)(C)C)CC2. The van der Waals surface area contributed by atoms with Gasteiger partial charge in [-0.2, -0.15) is 0 Å². The summed E-state index contributed by atoms with van der Waals surface area (Å²) in [6.07, 6.45) is 2.11. The molecule has 1 unspecified atom stereocenters. The van der Waals surface area contributed by atoms with E-state index in [-0.39, 0.29) is 30.5 Å². The second-order valence-electron chi connectivity index (χ2n) is 10.8. The first-order valence-electron chi connectivity index (χ1n) is 12.9. The third kappa shape index (κ3) is 6.29. The Balaban J connectivity index is 1.40. The minimum absolute atomic E-state index is 0.0203. The molecular weight excluding hydrogens is 472 g/mol. The average Bonchev–Trinajstić information content (AvgIpc) is 3.05. The monoisotopic (exact) mass is 510 g/mol. The van der Waals surface area contributed by atoms with Gasteiger partial charge in [0, 0.05) is 38.5 Å². The molecule has 2 aliphatic rings. The van der Waals surface area contributed by atoms with Crippen molar-refractivity contribution in [3.63, 3.8) is 0 Å². The molecule has 0 fully saturated rings. The predicted octanol–water partition coefficient (Wildman–Crippen LogP) is 4.30. The normalized spacial score (nSPS) is 16.6. The number of hydrogen-bond acceptors (Lipinski definition) is 6. The average molecular weight is 511 g/mol. The molecule has 8 heteroatoms. The molecule has 1 aliphatic heterocycles. The number of hydrogen-bond donors (Lipinski definition) is 1. The molecule has 0 saturated carbocycles. The largest absolute Gasteiger partial charge is 0.508 e. The summed E-state index contributed by atoms with van der Waals surface area (Å²) in [4.78, 5) is 29.8. The third-order valence-electron chi connectivity index (χ3n) is 7.08. The zero-order chi connectivity index (χ0) is 26.7. The number of benzene rings is 2. The molecule has 200 valence electrons. The molecule has 0 radical (unpaired) electrons. The molecule has 0 saturated heterocycles. The summed E-state index contributed by atoms with van der Waals surface area (Å²) in [5.74, 6) is 1.74. The van der Waals surface area contributed by atoms with Crippen LogP contribution in [-0.2, 0) is 28.8 Å². The lowest BCUT2D eigenvalue weighted by molar-refractivity contribution is -0.131. The fourth-order valence-corrected chi connectivity index (χ4v) is 5.09. The van der Waals surface area contributed by atoms with Crippen LogP contribution in [0.15, 0.2) is 30.3 Å². The number of nitrogens with zero attached hydrogens (tertiary/aromatic N) is 2. The molecule has 2 aromatic rings. The highest BCUT2D eigenvalue weighted by Gasteiger charge is 2.32. The van der Waals surface area contributed by atoms with Crippen molar-refractivity contribution < 1.29 is 28.9 Å². The van der Waals surface area contributed by atoms with E-state index in [2.05, 4.69) is 0 Å². The first-order valence-corrected chi connectivity index (χ1v) is 12.9. The van der Waals surface area contributed by atoms with Crippen LogP contribution >= 0.6 is 0 Å². The number of methoxy groups -OCH3 is 2. The molecule has 37 heavy (non-hydrogen) atoms. The molecule has 0 spiro atoms. The van der Waals surface area contributed by atoms with Gasteiger partial charge in [0.1, 0.15) is 11.4 Å². The van der Waals surface area contributed by atoms with Crippen LogP contribution in [0.25, 0.3) is 0 Å². The van der Waals surface area contributed by atoms with E-state index in [9.17, 15) is 14.7 Å². The summed E-state index contributed by atoms with van der Waals surface area (Å²) in [7, 11) is 3.25. The second-order valence-corrected chi connectivity index (χ2v) is 10.8. The summed E-state index contributed by atoms with van der Waals surface area (Å²) in [5.41, 5.74) is 3.93. The van der Waals surface area contributed by atoms with E-state index in [1.165, 1.54) is 5.56 Å². The van der Waals surface area contributed by atoms with Crippen LogP contribution in [0.2, 0.25) is 0 Å². The van der Waals surface area contributed by atoms with E-state index in [1.54, 1.807) is 31.3 Å². The van der Waals surface area contributed by atoms with Crippen LogP contribution in [0.4, 0.5) is 4.79 Å². The fourth-order valence-electron chi connectivity index (χ4n) is 5.09. The molecule has 1 N–H and O–H groups in total. The van der Waals surface area contributed by atoms with Gasteiger partial charge in [0.2, 0.25) is 5.91 Å². The van der Waals surface area contributed by atoms with Gasteiger partial charge in [-0.05, 0) is 86.6 Å². The molecular formula is C29H38N2O6. The second kappa shape index (κ2) is 10.9. The van der Waals surface area contributed by atoms with Gasteiger partial charge < -0.3 is 29.1 Å². The number of aromatic hydroxyl groups is 1. The number of phenolic OH excluding ortho intramolecular Hbond substituents is 1. The Labute approximate surface area is 219 Å². The van der Waals surface area contributed by atoms with Crippen LogP contribution in [0, 0.1) is 0 Å². The third-order valence-corrected chi connectivity index (χ3v) is 7.08. The maximum atomic E-state index is 13.2. The van der Waals surface area contributed by atoms with E-state index in [4.69, 9.17) is 14.2 Å². The molecule has 2 aromatic carbocycles. The van der Waals surface area contributed by atoms with Gasteiger partial charge in [-0.25, -0.2) is 4.79 Å². The molecule has 2 amide bonds. The highest BCUT2D eigenvalue weighted by molar-refractivity contribution is 5.77. The van der Waals surface area contributed by atoms with Crippen LogP contribution in [0.1, 0.15) is 55.4 Å². The number of fused-ring (bicyclic) bond motifs is 2. The number of carbonyl (C=O) groups excluding carboxylic acids is 2. The van der Waals surface area contributed by atoms with Crippen LogP contribution in [0.5, 0.6) is 17.2 Å². The van der Waals surface area contributed by atoms with Gasteiger partial charge in [-0.1, -0.05) is 6.07 Å². The van der Waals surface area contributed by atoms with Crippen LogP contribution < -0.4 is 9.47 Å². The molecule has 8 nitrogen and oxygen atoms in total. The van der Waals surface area contributed by atoms with Crippen molar-refractivity contribution >= 4 is 12.0 Å². The highest BCUT2D eigenvalue weighted by Crippen LogP contribution is 2.38. The van der Waals surface area contributed by atoms with Crippen molar-refractivity contribution in [2.45, 2.75) is 58.0 Å². The van der Waals surface area contributed by atoms with Crippen LogP contribution in [0.3, 0.4) is 0 Å². The Morgan fingerprint density at radius 1 is 1.00 bits per heavy atom. The molecule has 1 heterocycles. The summed E-state index contributed by atoms with van der Waals surface area (Å²) in [6, 6.07) is 9.37. The van der Waals surface area contributed by atoms with E-state index >= 15 is 0 Å². The van der Waals surface area contributed by atoms with Gasteiger partial charge in [0.05, 0.1) is 14.2 Å². The summed E-state index contributed by atoms with van der Waals surface area (Å²) < 4.78 is 16.5. The van der Waals surface area contributed by atoms with E-state index in [1.807, 2.05) is 43.9 Å². The van der Waals surface area contributed by atoms with Gasteiger partial charge >= 0.3 is 6.09 Å². The van der Waals surface area contributed by atoms with Crippen molar-refractivity contribution in [1.29, 1.82) is 0 Å². The Bertz CT molecular complexity index is 1120. The quantitative estimate of drug-likeness (QED) is 0.598. The molecule has 4 rings (SSSR count). The summed E-state index contributed by atoms with van der Waals surface area (Å²) >= 11 is 0.